The number of aromatic nitrogens is 5. The first-order valence-electron chi connectivity index (χ1n) is 21.5. The first-order valence-corrected chi connectivity index (χ1v) is 21.5. The summed E-state index contributed by atoms with van der Waals surface area (Å²) in [7, 11) is 3.82. The number of pyridine rings is 1. The third-order valence-corrected chi connectivity index (χ3v) is 13.6. The molecule has 15 atom stereocenters. The first kappa shape index (κ1) is 44.9. The Hall–Kier alpha value is -4.14. The molecule has 5 aliphatic heterocycles. The lowest BCUT2D eigenvalue weighted by Gasteiger charge is -2.48. The second-order valence-corrected chi connectivity index (χ2v) is 18.3. The quantitative estimate of drug-likeness (QED) is 0.299. The fraction of sp³-hybridized carbons (Fsp3) is 0.762. The van der Waals surface area contributed by atoms with Gasteiger partial charge in [0.05, 0.1) is 61.3 Å². The molecular weight excluding hydrogens is 793 g/mol. The molecule has 0 saturated carbocycles. The summed E-state index contributed by atoms with van der Waals surface area (Å²) in [6, 6.07) is 2.45. The molecule has 7 heterocycles. The Morgan fingerprint density at radius 2 is 1.84 bits per heavy atom. The first-order chi connectivity index (χ1) is 28.9. The van der Waals surface area contributed by atoms with Crippen LogP contribution in [0.25, 0.3) is 5.82 Å². The van der Waals surface area contributed by atoms with Gasteiger partial charge in [0.15, 0.2) is 17.7 Å². The number of carbonyl (C=O) groups is 3. The number of aliphatic hydroxyl groups is 1. The zero-order valence-electron chi connectivity index (χ0n) is 36.9. The smallest absolute Gasteiger partial charge is 0.411 e. The molecule has 19 heteroatoms. The summed E-state index contributed by atoms with van der Waals surface area (Å²) >= 11 is 0. The van der Waals surface area contributed by atoms with Crippen LogP contribution in [0.3, 0.4) is 0 Å². The normalized spacial score (nSPS) is 40.5. The molecule has 3 unspecified atom stereocenters. The van der Waals surface area contributed by atoms with Gasteiger partial charge in [0.1, 0.15) is 30.9 Å². The molecule has 2 aromatic rings. The summed E-state index contributed by atoms with van der Waals surface area (Å²) in [4.78, 5) is 57.4. The summed E-state index contributed by atoms with van der Waals surface area (Å²) in [5.74, 6) is -3.58. The maximum Gasteiger partial charge on any atom is 0.411 e. The molecule has 7 rings (SSSR count). The van der Waals surface area contributed by atoms with Crippen molar-refractivity contribution in [1.82, 2.24) is 35.0 Å². The standard InChI is InChI=1S/C42H62N8O11/c1-11-31-42(8)36-24(4)33(51)22(2)15-41(7)37(60-39-34(52)30(48(9)10)14-23(3)58-39)25(5)35(26(6)38(53)59-31)55-19-28(20-56-41)29(17-49(36)40(54)61-42)45-57-18-27-12-13-32(43-16-27)50-21-44-46-47-50/h12-13,16,21-26,28,30-31,34-37,39,52H,11,14-15,17-20H2,1-10H3/b45-29-/t22-,23-,24+,25+,26-,28?,30+,31-,34-,35+,36+,37-,39+,41?,42?/m1/s1. The highest BCUT2D eigenvalue weighted by atomic mass is 16.7. The topological polar surface area (TPSA) is 211 Å². The number of oxime groups is 1. The minimum atomic E-state index is -1.41. The van der Waals surface area contributed by atoms with Gasteiger partial charge >= 0.3 is 12.1 Å². The van der Waals surface area contributed by atoms with Gasteiger partial charge in [-0.25, -0.2) is 9.78 Å². The number of cyclic esters (lactones) is 1. The predicted molar refractivity (Wildman–Crippen MR) is 216 cm³/mol. The van der Waals surface area contributed by atoms with E-state index in [-0.39, 0.29) is 50.7 Å². The van der Waals surface area contributed by atoms with Crippen molar-refractivity contribution < 1.29 is 52.7 Å². The Bertz CT molecular complexity index is 1900. The van der Waals surface area contributed by atoms with Gasteiger partial charge in [0, 0.05) is 41.5 Å². The van der Waals surface area contributed by atoms with Crippen LogP contribution in [0.5, 0.6) is 0 Å². The van der Waals surface area contributed by atoms with Crippen LogP contribution in [-0.2, 0) is 49.5 Å². The van der Waals surface area contributed by atoms with Gasteiger partial charge < -0.3 is 43.3 Å². The van der Waals surface area contributed by atoms with Crippen molar-refractivity contribution in [2.75, 3.05) is 33.9 Å². The van der Waals surface area contributed by atoms with Crippen molar-refractivity contribution in [2.45, 2.75) is 141 Å². The van der Waals surface area contributed by atoms with Gasteiger partial charge in [-0.1, -0.05) is 38.9 Å². The van der Waals surface area contributed by atoms with Crippen molar-refractivity contribution in [3.05, 3.63) is 30.2 Å². The Balaban J connectivity index is 1.34. The van der Waals surface area contributed by atoms with Gasteiger partial charge in [-0.2, -0.15) is 4.68 Å². The summed E-state index contributed by atoms with van der Waals surface area (Å²) < 4.78 is 41.2. The van der Waals surface area contributed by atoms with E-state index >= 15 is 0 Å². The summed E-state index contributed by atoms with van der Waals surface area (Å²) in [6.45, 7) is 14.8. The predicted octanol–water partition coefficient (Wildman–Crippen LogP) is 2.96. The van der Waals surface area contributed by atoms with Gasteiger partial charge in [0.2, 0.25) is 0 Å². The van der Waals surface area contributed by atoms with E-state index in [1.54, 1.807) is 33.0 Å². The van der Waals surface area contributed by atoms with E-state index in [2.05, 4.69) is 20.5 Å². The Morgan fingerprint density at radius 1 is 1.07 bits per heavy atom. The van der Waals surface area contributed by atoms with Crippen molar-refractivity contribution in [3.8, 4) is 5.82 Å². The van der Waals surface area contributed by atoms with Crippen molar-refractivity contribution in [2.24, 2.45) is 34.7 Å². The van der Waals surface area contributed by atoms with E-state index in [0.717, 1.165) is 0 Å². The van der Waals surface area contributed by atoms with E-state index in [9.17, 15) is 19.5 Å². The molecule has 5 aliphatic rings. The van der Waals surface area contributed by atoms with E-state index in [1.807, 2.05) is 59.7 Å². The molecule has 19 nitrogen and oxygen atoms in total. The fourth-order valence-electron chi connectivity index (χ4n) is 10.3. The number of tetrazole rings is 1. The van der Waals surface area contributed by atoms with Crippen LogP contribution in [0.1, 0.15) is 80.2 Å². The molecule has 336 valence electrons. The summed E-state index contributed by atoms with van der Waals surface area (Å²) in [6.07, 6.45) is -1.41. The number of nitrogens with zero attached hydrogens (tertiary/aromatic N) is 8. The van der Waals surface area contributed by atoms with E-state index in [4.69, 9.17) is 38.4 Å². The van der Waals surface area contributed by atoms with Crippen LogP contribution in [0, 0.1) is 29.6 Å². The van der Waals surface area contributed by atoms with Gasteiger partial charge in [-0.3, -0.25) is 14.5 Å². The lowest BCUT2D eigenvalue weighted by Crippen LogP contribution is -2.61. The van der Waals surface area contributed by atoms with E-state index in [1.165, 1.54) is 15.9 Å². The number of Topliss-reactive ketones (excluding diaryl/α,β-unsaturated/α-hetero) is 1. The SMILES string of the molecule is CC[C@H]1OC(=O)[C@H](C)[C@H]2OCC3COC(C)(C[C@@H](C)C(=O)[C@H](C)[C@@H]4N(C/C3=N/OCc3ccc(-n5cnnn5)nc3)C(=O)OC41C)[C@H](O[C@@H]1O[C@H](C)C[C@H](N(C)C)[C@H]1O)[C@H]2C. The molecule has 0 aromatic carbocycles. The lowest BCUT2D eigenvalue weighted by atomic mass is 9.73. The average Bonchev–Trinajstić information content (AvgIpc) is 3.86. The minimum Gasteiger partial charge on any atom is -0.458 e. The third kappa shape index (κ3) is 8.78. The molecule has 6 bridgehead atoms. The number of carbonyl (C=O) groups excluding carboxylic acids is 3. The molecule has 5 fully saturated rings. The number of ketones is 1. The van der Waals surface area contributed by atoms with Crippen LogP contribution in [0.4, 0.5) is 4.79 Å². The van der Waals surface area contributed by atoms with Crippen LogP contribution >= 0.6 is 0 Å². The number of hydrogen-bond donors (Lipinski definition) is 1. The van der Waals surface area contributed by atoms with Crippen molar-refractivity contribution in [1.29, 1.82) is 0 Å². The number of likely N-dealkylation sites (N-methyl/N-ethyl adjacent to an activating group) is 1. The number of hydrogen-bond acceptors (Lipinski definition) is 17. The third-order valence-electron chi connectivity index (χ3n) is 13.6. The van der Waals surface area contributed by atoms with Crippen LogP contribution in [-0.4, -0.2) is 158 Å². The number of ether oxygens (including phenoxy) is 6. The fourth-order valence-corrected chi connectivity index (χ4v) is 10.3. The number of aliphatic hydroxyl groups excluding tert-OH is 1. The molecule has 0 radical (unpaired) electrons. The monoisotopic (exact) mass is 854 g/mol. The maximum absolute atomic E-state index is 14.9. The molecular formula is C42H62N8O11. The Morgan fingerprint density at radius 3 is 2.51 bits per heavy atom. The van der Waals surface area contributed by atoms with E-state index < -0.39 is 89.6 Å². The van der Waals surface area contributed by atoms with Gasteiger partial charge in [-0.05, 0) is 77.5 Å². The number of esters is 1. The molecule has 1 amide bonds. The zero-order chi connectivity index (χ0) is 44.0. The van der Waals surface area contributed by atoms with Crippen LogP contribution in [0.15, 0.2) is 29.8 Å². The van der Waals surface area contributed by atoms with E-state index in [0.29, 0.717) is 29.9 Å². The van der Waals surface area contributed by atoms with Gasteiger partial charge in [0.25, 0.3) is 0 Å². The number of rotatable bonds is 8. The molecule has 0 aliphatic carbocycles. The van der Waals surface area contributed by atoms with Crippen molar-refractivity contribution >= 4 is 23.6 Å². The summed E-state index contributed by atoms with van der Waals surface area (Å²) in [5.41, 5.74) is -1.50. The number of fused-ring (bicyclic) bond motifs is 5. The highest BCUT2D eigenvalue weighted by molar-refractivity contribution is 5.92. The highest BCUT2D eigenvalue weighted by Crippen LogP contribution is 2.45. The number of amides is 1. The Labute approximate surface area is 356 Å². The largest absolute Gasteiger partial charge is 0.458 e. The average molecular weight is 855 g/mol. The molecule has 61 heavy (non-hydrogen) atoms. The maximum atomic E-state index is 14.9. The van der Waals surface area contributed by atoms with Crippen LogP contribution < -0.4 is 0 Å². The molecule has 5 saturated heterocycles. The van der Waals surface area contributed by atoms with Gasteiger partial charge in [-0.15, -0.1) is 5.10 Å². The second kappa shape index (κ2) is 17.9. The summed E-state index contributed by atoms with van der Waals surface area (Å²) in [5, 5.41) is 27.6. The molecule has 2 aromatic heterocycles. The highest BCUT2D eigenvalue weighted by Gasteiger charge is 2.61. The Kier molecular flexibility index (Phi) is 13.2. The van der Waals surface area contributed by atoms with Crippen molar-refractivity contribution in [3.63, 3.8) is 0 Å². The zero-order valence-corrected chi connectivity index (χ0v) is 36.9. The second-order valence-electron chi connectivity index (χ2n) is 18.3. The molecule has 1 N–H and O–H groups in total. The molecule has 0 spiro atoms. The van der Waals surface area contributed by atoms with Crippen LogP contribution in [0.2, 0.25) is 0 Å². The minimum absolute atomic E-state index is 0.0166. The lowest BCUT2D eigenvalue weighted by molar-refractivity contribution is -0.302.